The van der Waals surface area contributed by atoms with Crippen molar-refractivity contribution in [1.82, 2.24) is 9.88 Å². The fourth-order valence-electron chi connectivity index (χ4n) is 2.98. The average molecular weight is 431 g/mol. The third kappa shape index (κ3) is 5.15. The Balaban J connectivity index is 1.71. The number of nitrogens with zero attached hydrogens (tertiary/aromatic N) is 2. The monoisotopic (exact) mass is 430 g/mol. The van der Waals surface area contributed by atoms with E-state index in [9.17, 15) is 4.79 Å². The number of carbonyl (C=O) groups excluding carboxylic acids is 1. The maximum absolute atomic E-state index is 12.9. The van der Waals surface area contributed by atoms with Gasteiger partial charge in [-0.1, -0.05) is 23.7 Å². The Labute approximate surface area is 179 Å². The van der Waals surface area contributed by atoms with Crippen molar-refractivity contribution in [3.05, 3.63) is 63.6 Å². The van der Waals surface area contributed by atoms with E-state index in [-0.39, 0.29) is 5.78 Å². The highest BCUT2D eigenvalue weighted by Crippen LogP contribution is 2.35. The van der Waals surface area contributed by atoms with E-state index in [1.165, 1.54) is 11.3 Å². The molecule has 29 heavy (non-hydrogen) atoms. The molecule has 7 heteroatoms. The Morgan fingerprint density at radius 2 is 1.76 bits per heavy atom. The van der Waals surface area contributed by atoms with Gasteiger partial charge in [0.15, 0.2) is 5.78 Å². The largest absolute Gasteiger partial charge is 0.497 e. The van der Waals surface area contributed by atoms with Crippen molar-refractivity contribution >= 4 is 28.7 Å². The molecule has 0 spiro atoms. The van der Waals surface area contributed by atoms with Gasteiger partial charge in [0.05, 0.1) is 36.4 Å². The van der Waals surface area contributed by atoms with Gasteiger partial charge in [-0.2, -0.15) is 0 Å². The van der Waals surface area contributed by atoms with Crippen molar-refractivity contribution < 1.29 is 14.3 Å². The molecule has 3 aromatic rings. The molecule has 0 amide bonds. The van der Waals surface area contributed by atoms with Gasteiger partial charge >= 0.3 is 0 Å². The first-order valence-electron chi connectivity index (χ1n) is 9.07. The van der Waals surface area contributed by atoms with E-state index in [4.69, 9.17) is 21.1 Å². The van der Waals surface area contributed by atoms with Crippen molar-refractivity contribution in [3.8, 4) is 22.1 Å². The molecule has 5 nitrogen and oxygen atoms in total. The van der Waals surface area contributed by atoms with Crippen molar-refractivity contribution in [1.29, 1.82) is 0 Å². The zero-order valence-electron chi connectivity index (χ0n) is 16.9. The molecule has 0 radical (unpaired) electrons. The summed E-state index contributed by atoms with van der Waals surface area (Å²) < 4.78 is 10.4. The number of Topliss-reactive ketones (excluding diaryl/α,β-unsaturated/α-hetero) is 1. The number of hydrogen-bond donors (Lipinski definition) is 0. The maximum Gasteiger partial charge on any atom is 0.188 e. The molecule has 0 unspecified atom stereocenters. The second-order valence-electron chi connectivity index (χ2n) is 6.72. The van der Waals surface area contributed by atoms with Gasteiger partial charge < -0.3 is 9.47 Å². The molecule has 152 valence electrons. The first-order chi connectivity index (χ1) is 13.9. The maximum atomic E-state index is 12.9. The molecule has 1 heterocycles. The summed E-state index contributed by atoms with van der Waals surface area (Å²) in [5.74, 6) is 1.55. The molecule has 0 aliphatic rings. The molecular formula is C22H23ClN2O3S. The van der Waals surface area contributed by atoms with Crippen LogP contribution < -0.4 is 9.47 Å². The zero-order valence-corrected chi connectivity index (χ0v) is 18.4. The van der Waals surface area contributed by atoms with Crippen LogP contribution in [0.2, 0.25) is 5.02 Å². The van der Waals surface area contributed by atoms with Gasteiger partial charge in [-0.15, -0.1) is 11.3 Å². The number of ketones is 1. The van der Waals surface area contributed by atoms with Crippen molar-refractivity contribution in [2.45, 2.75) is 13.5 Å². The summed E-state index contributed by atoms with van der Waals surface area (Å²) in [5, 5.41) is 1.28. The van der Waals surface area contributed by atoms with E-state index >= 15 is 0 Å². The highest BCUT2D eigenvalue weighted by molar-refractivity contribution is 7.17. The quantitative estimate of drug-likeness (QED) is 0.465. The molecule has 0 saturated heterocycles. The Bertz CT molecular complexity index is 1000. The summed E-state index contributed by atoms with van der Waals surface area (Å²) in [7, 11) is 5.17. The first kappa shape index (κ1) is 21.3. The average Bonchev–Trinajstić information content (AvgIpc) is 3.09. The Morgan fingerprint density at radius 1 is 1.10 bits per heavy atom. The molecule has 0 aliphatic heterocycles. The lowest BCUT2D eigenvalue weighted by Crippen LogP contribution is -2.25. The predicted molar refractivity (Wildman–Crippen MR) is 118 cm³/mol. The van der Waals surface area contributed by atoms with Crippen LogP contribution >= 0.6 is 22.9 Å². The smallest absolute Gasteiger partial charge is 0.188 e. The molecule has 3 rings (SSSR count). The highest BCUT2D eigenvalue weighted by atomic mass is 35.5. The van der Waals surface area contributed by atoms with Crippen LogP contribution in [0.15, 0.2) is 42.5 Å². The van der Waals surface area contributed by atoms with Crippen LogP contribution in [0.5, 0.6) is 11.5 Å². The lowest BCUT2D eigenvalue weighted by molar-refractivity contribution is 0.0946. The lowest BCUT2D eigenvalue weighted by Gasteiger charge is -2.15. The minimum Gasteiger partial charge on any atom is -0.497 e. The minimum absolute atomic E-state index is 0.0481. The van der Waals surface area contributed by atoms with E-state index < -0.39 is 0 Å². The zero-order chi connectivity index (χ0) is 21.0. The van der Waals surface area contributed by atoms with Crippen molar-refractivity contribution in [3.63, 3.8) is 0 Å². The summed E-state index contributed by atoms with van der Waals surface area (Å²) in [6.45, 7) is 2.84. The number of likely N-dealkylation sites (N-methyl/N-ethyl adjacent to an activating group) is 1. The van der Waals surface area contributed by atoms with Crippen LogP contribution in [0.1, 0.15) is 20.9 Å². The summed E-state index contributed by atoms with van der Waals surface area (Å²) in [4.78, 5) is 20.1. The molecule has 0 N–H and O–H groups in total. The topological polar surface area (TPSA) is 51.7 Å². The van der Waals surface area contributed by atoms with Gasteiger partial charge in [-0.3, -0.25) is 9.69 Å². The molecule has 0 atom stereocenters. The number of methoxy groups -OCH3 is 2. The molecule has 2 aromatic carbocycles. The van der Waals surface area contributed by atoms with E-state index in [1.54, 1.807) is 20.3 Å². The molecule has 0 aliphatic carbocycles. The predicted octanol–water partition coefficient (Wildman–Crippen LogP) is 5.10. The molecular weight excluding hydrogens is 408 g/mol. The van der Waals surface area contributed by atoms with Crippen LogP contribution in [-0.4, -0.2) is 43.5 Å². The van der Waals surface area contributed by atoms with Gasteiger partial charge in [0, 0.05) is 12.1 Å². The SMILES string of the molecule is COc1ccc(CN(C)CC(=O)c2sc(-c3ccc(OC)cc3Cl)nc2C)cc1. The molecule has 0 bridgehead atoms. The first-order valence-corrected chi connectivity index (χ1v) is 10.3. The number of carbonyl (C=O) groups is 1. The van der Waals surface area contributed by atoms with Crippen LogP contribution in [0.25, 0.3) is 10.6 Å². The van der Waals surface area contributed by atoms with Gasteiger partial charge in [0.1, 0.15) is 16.5 Å². The fourth-order valence-corrected chi connectivity index (χ4v) is 4.33. The van der Waals surface area contributed by atoms with Gasteiger partial charge in [0.2, 0.25) is 0 Å². The Hall–Kier alpha value is -2.41. The van der Waals surface area contributed by atoms with Gasteiger partial charge in [-0.05, 0) is 49.9 Å². The van der Waals surface area contributed by atoms with E-state index in [0.29, 0.717) is 28.7 Å². The molecule has 0 saturated carbocycles. The highest BCUT2D eigenvalue weighted by Gasteiger charge is 2.19. The van der Waals surface area contributed by atoms with E-state index in [2.05, 4.69) is 4.98 Å². The Kier molecular flexibility index (Phi) is 6.90. The van der Waals surface area contributed by atoms with E-state index in [1.807, 2.05) is 55.3 Å². The summed E-state index contributed by atoms with van der Waals surface area (Å²) >= 11 is 7.74. The standard InChI is InChI=1S/C22H23ClN2O3S/c1-14-21(29-22(24-14)18-10-9-17(28-4)11-19(18)23)20(26)13-25(2)12-15-5-7-16(27-3)8-6-15/h5-11H,12-13H2,1-4H3. The van der Waals surface area contributed by atoms with Crippen LogP contribution in [-0.2, 0) is 6.54 Å². The molecule has 0 fully saturated rings. The Morgan fingerprint density at radius 3 is 2.38 bits per heavy atom. The summed E-state index contributed by atoms with van der Waals surface area (Å²) in [6, 6.07) is 13.3. The number of aryl methyl sites for hydroxylation is 1. The van der Waals surface area contributed by atoms with Crippen LogP contribution in [0, 0.1) is 6.92 Å². The number of hydrogen-bond acceptors (Lipinski definition) is 6. The number of halogens is 1. The number of thiazole rings is 1. The number of ether oxygens (including phenoxy) is 2. The van der Waals surface area contributed by atoms with Crippen molar-refractivity contribution in [2.75, 3.05) is 27.8 Å². The van der Waals surface area contributed by atoms with Crippen LogP contribution in [0.4, 0.5) is 0 Å². The lowest BCUT2D eigenvalue weighted by atomic mass is 10.2. The van der Waals surface area contributed by atoms with Crippen molar-refractivity contribution in [2.24, 2.45) is 0 Å². The summed E-state index contributed by atoms with van der Waals surface area (Å²) in [5.41, 5.74) is 2.64. The number of rotatable bonds is 8. The fraction of sp³-hybridized carbons (Fsp3) is 0.273. The number of aromatic nitrogens is 1. The molecule has 1 aromatic heterocycles. The minimum atomic E-state index is 0.0481. The third-order valence-corrected chi connectivity index (χ3v) is 6.03. The van der Waals surface area contributed by atoms with Gasteiger partial charge in [-0.25, -0.2) is 4.98 Å². The number of benzene rings is 2. The van der Waals surface area contributed by atoms with Crippen LogP contribution in [0.3, 0.4) is 0 Å². The normalized spacial score (nSPS) is 11.0. The second kappa shape index (κ2) is 9.39. The summed E-state index contributed by atoms with van der Waals surface area (Å²) in [6.07, 6.45) is 0. The third-order valence-electron chi connectivity index (χ3n) is 4.48. The second-order valence-corrected chi connectivity index (χ2v) is 8.13. The van der Waals surface area contributed by atoms with E-state index in [0.717, 1.165) is 27.6 Å². The van der Waals surface area contributed by atoms with Gasteiger partial charge in [0.25, 0.3) is 0 Å².